The lowest BCUT2D eigenvalue weighted by molar-refractivity contribution is 0.523. The summed E-state index contributed by atoms with van der Waals surface area (Å²) in [5.74, 6) is 0. The number of aromatic nitrogens is 3. The Morgan fingerprint density at radius 3 is 2.75 bits per heavy atom. The molecule has 1 heterocycles. The summed E-state index contributed by atoms with van der Waals surface area (Å²) in [6, 6.07) is 2.27. The van der Waals surface area contributed by atoms with Crippen LogP contribution in [0.4, 0.5) is 0 Å². The van der Waals surface area contributed by atoms with Gasteiger partial charge in [-0.1, -0.05) is 12.1 Å². The smallest absolute Gasteiger partial charge is 0.0975 e. The van der Waals surface area contributed by atoms with Crippen molar-refractivity contribution < 1.29 is 0 Å². The van der Waals surface area contributed by atoms with Gasteiger partial charge in [0.2, 0.25) is 0 Å². The Bertz CT molecular complexity index is 309. The molecule has 4 nitrogen and oxygen atoms in total. The van der Waals surface area contributed by atoms with Gasteiger partial charge in [-0.15, -0.1) is 5.10 Å². The van der Waals surface area contributed by atoms with E-state index in [-0.39, 0.29) is 0 Å². The molecule has 0 aliphatic rings. The third-order valence-electron chi connectivity index (χ3n) is 2.23. The van der Waals surface area contributed by atoms with Gasteiger partial charge in [0.15, 0.2) is 0 Å². The van der Waals surface area contributed by atoms with Crippen LogP contribution in [0.2, 0.25) is 0 Å². The summed E-state index contributed by atoms with van der Waals surface area (Å²) in [5.41, 5.74) is 0.408. The summed E-state index contributed by atoms with van der Waals surface area (Å²) >= 11 is 0. The Morgan fingerprint density at radius 2 is 2.42 bits per heavy atom. The summed E-state index contributed by atoms with van der Waals surface area (Å²) in [6.45, 7) is 3.88. The summed E-state index contributed by atoms with van der Waals surface area (Å²) in [7, 11) is 1.80. The molecular weight excluding hydrogens is 152 g/mol. The standard InChI is InChI=1S/C8H12N4/c1-4-8(2,6-9)7-5-10-11-12(7)3/h5H,4H2,1-3H3. The molecule has 0 spiro atoms. The van der Waals surface area contributed by atoms with E-state index in [0.717, 1.165) is 12.1 Å². The number of nitrogens with zero attached hydrogens (tertiary/aromatic N) is 4. The van der Waals surface area contributed by atoms with Crippen molar-refractivity contribution in [1.82, 2.24) is 15.0 Å². The molecule has 64 valence electrons. The van der Waals surface area contributed by atoms with E-state index in [9.17, 15) is 0 Å². The van der Waals surface area contributed by atoms with Gasteiger partial charge >= 0.3 is 0 Å². The third kappa shape index (κ3) is 1.18. The first kappa shape index (κ1) is 8.72. The fourth-order valence-corrected chi connectivity index (χ4v) is 1.11. The molecule has 0 fully saturated rings. The molecule has 4 heteroatoms. The summed E-state index contributed by atoms with van der Waals surface area (Å²) < 4.78 is 1.65. The fraction of sp³-hybridized carbons (Fsp3) is 0.625. The molecule has 0 aromatic carbocycles. The molecule has 1 unspecified atom stereocenters. The minimum atomic E-state index is -0.460. The Kier molecular flexibility index (Phi) is 2.13. The van der Waals surface area contributed by atoms with Gasteiger partial charge in [-0.2, -0.15) is 5.26 Å². The molecule has 0 aliphatic carbocycles. The van der Waals surface area contributed by atoms with Crippen molar-refractivity contribution in [2.75, 3.05) is 0 Å². The fourth-order valence-electron chi connectivity index (χ4n) is 1.11. The van der Waals surface area contributed by atoms with Crippen LogP contribution in [0.1, 0.15) is 26.0 Å². The van der Waals surface area contributed by atoms with Crippen LogP contribution in [-0.2, 0) is 12.5 Å². The average Bonchev–Trinajstić information content (AvgIpc) is 2.51. The van der Waals surface area contributed by atoms with Gasteiger partial charge in [-0.05, 0) is 13.3 Å². The third-order valence-corrected chi connectivity index (χ3v) is 2.23. The highest BCUT2D eigenvalue weighted by molar-refractivity contribution is 5.21. The number of aryl methyl sites for hydroxylation is 1. The minimum Gasteiger partial charge on any atom is -0.251 e. The molecular formula is C8H12N4. The molecule has 0 saturated heterocycles. The largest absolute Gasteiger partial charge is 0.251 e. The summed E-state index contributed by atoms with van der Waals surface area (Å²) in [4.78, 5) is 0. The van der Waals surface area contributed by atoms with Crippen LogP contribution in [0.5, 0.6) is 0 Å². The van der Waals surface area contributed by atoms with Crippen molar-refractivity contribution >= 4 is 0 Å². The lowest BCUT2D eigenvalue weighted by Crippen LogP contribution is -2.21. The van der Waals surface area contributed by atoms with E-state index >= 15 is 0 Å². The number of nitriles is 1. The maximum atomic E-state index is 8.96. The molecule has 1 atom stereocenters. The molecule has 1 rings (SSSR count). The second kappa shape index (κ2) is 2.94. The quantitative estimate of drug-likeness (QED) is 0.655. The highest BCUT2D eigenvalue weighted by atomic mass is 15.4. The van der Waals surface area contributed by atoms with E-state index in [4.69, 9.17) is 5.26 Å². The monoisotopic (exact) mass is 164 g/mol. The molecule has 1 aromatic rings. The maximum Gasteiger partial charge on any atom is 0.0975 e. The van der Waals surface area contributed by atoms with Crippen LogP contribution < -0.4 is 0 Å². The number of hydrogen-bond donors (Lipinski definition) is 0. The zero-order valence-corrected chi connectivity index (χ0v) is 7.57. The first-order chi connectivity index (χ1) is 5.64. The van der Waals surface area contributed by atoms with Gasteiger partial charge in [0.25, 0.3) is 0 Å². The Labute approximate surface area is 71.8 Å². The van der Waals surface area contributed by atoms with E-state index in [2.05, 4.69) is 16.4 Å². The lowest BCUT2D eigenvalue weighted by atomic mass is 9.86. The summed E-state index contributed by atoms with van der Waals surface area (Å²) in [6.07, 6.45) is 2.41. The molecule has 1 aromatic heterocycles. The van der Waals surface area contributed by atoms with Gasteiger partial charge in [-0.25, -0.2) is 0 Å². The summed E-state index contributed by atoms with van der Waals surface area (Å²) in [5, 5.41) is 16.5. The van der Waals surface area contributed by atoms with Gasteiger partial charge in [0.1, 0.15) is 0 Å². The zero-order valence-electron chi connectivity index (χ0n) is 7.57. The zero-order chi connectivity index (χ0) is 9.19. The Balaban J connectivity index is 3.13. The number of rotatable bonds is 2. The normalized spacial score (nSPS) is 15.2. The van der Waals surface area contributed by atoms with Crippen LogP contribution in [0, 0.1) is 11.3 Å². The maximum absolute atomic E-state index is 8.96. The van der Waals surface area contributed by atoms with Crippen molar-refractivity contribution in [1.29, 1.82) is 5.26 Å². The SMILES string of the molecule is CCC(C)(C#N)c1cnnn1C. The minimum absolute atomic E-state index is 0.460. The van der Waals surface area contributed by atoms with Gasteiger partial charge in [0, 0.05) is 7.05 Å². The molecule has 0 aliphatic heterocycles. The second-order valence-electron chi connectivity index (χ2n) is 3.04. The van der Waals surface area contributed by atoms with E-state index in [1.165, 1.54) is 0 Å². The van der Waals surface area contributed by atoms with Gasteiger partial charge in [0.05, 0.1) is 23.4 Å². The van der Waals surface area contributed by atoms with Crippen molar-refractivity contribution in [2.45, 2.75) is 25.7 Å². The first-order valence-corrected chi connectivity index (χ1v) is 3.90. The molecule has 0 amide bonds. The van der Waals surface area contributed by atoms with Crippen LogP contribution in [0.3, 0.4) is 0 Å². The molecule has 0 saturated carbocycles. The molecule has 0 N–H and O–H groups in total. The highest BCUT2D eigenvalue weighted by Crippen LogP contribution is 2.24. The van der Waals surface area contributed by atoms with Gasteiger partial charge < -0.3 is 0 Å². The highest BCUT2D eigenvalue weighted by Gasteiger charge is 2.27. The Morgan fingerprint density at radius 1 is 1.75 bits per heavy atom. The second-order valence-corrected chi connectivity index (χ2v) is 3.04. The average molecular weight is 164 g/mol. The predicted octanol–water partition coefficient (Wildman–Crippen LogP) is 1.01. The Hall–Kier alpha value is -1.37. The van der Waals surface area contributed by atoms with E-state index in [1.807, 2.05) is 13.8 Å². The van der Waals surface area contributed by atoms with Crippen molar-refractivity contribution in [3.63, 3.8) is 0 Å². The molecule has 0 bridgehead atoms. The molecule has 12 heavy (non-hydrogen) atoms. The van der Waals surface area contributed by atoms with Crippen molar-refractivity contribution in [2.24, 2.45) is 7.05 Å². The topological polar surface area (TPSA) is 54.5 Å². The van der Waals surface area contributed by atoms with E-state index in [1.54, 1.807) is 17.9 Å². The predicted molar refractivity (Wildman–Crippen MR) is 44.3 cm³/mol. The lowest BCUT2D eigenvalue weighted by Gasteiger charge is -2.17. The van der Waals surface area contributed by atoms with E-state index < -0.39 is 5.41 Å². The van der Waals surface area contributed by atoms with Crippen LogP contribution in [0.15, 0.2) is 6.20 Å². The van der Waals surface area contributed by atoms with Crippen molar-refractivity contribution in [3.05, 3.63) is 11.9 Å². The first-order valence-electron chi connectivity index (χ1n) is 3.90. The van der Waals surface area contributed by atoms with Crippen LogP contribution in [0.25, 0.3) is 0 Å². The molecule has 0 radical (unpaired) electrons. The van der Waals surface area contributed by atoms with E-state index in [0.29, 0.717) is 0 Å². The van der Waals surface area contributed by atoms with Crippen molar-refractivity contribution in [3.8, 4) is 6.07 Å². The van der Waals surface area contributed by atoms with Crippen LogP contribution >= 0.6 is 0 Å². The number of hydrogen-bond acceptors (Lipinski definition) is 3. The van der Waals surface area contributed by atoms with Gasteiger partial charge in [-0.3, -0.25) is 4.68 Å². The van der Waals surface area contributed by atoms with Crippen LogP contribution in [-0.4, -0.2) is 15.0 Å².